The maximum atomic E-state index is 12.5. The minimum atomic E-state index is -4.15. The minimum absolute atomic E-state index is 0.0548. The molecular formula is C22H20N2O5S2. The van der Waals surface area contributed by atoms with Crippen LogP contribution < -0.4 is 4.72 Å². The van der Waals surface area contributed by atoms with Crippen molar-refractivity contribution in [2.24, 2.45) is 0 Å². The monoisotopic (exact) mass is 456 g/mol. The molecule has 0 radical (unpaired) electrons. The summed E-state index contributed by atoms with van der Waals surface area (Å²) in [5.74, 6) is 0. The van der Waals surface area contributed by atoms with Crippen molar-refractivity contribution in [1.29, 1.82) is 5.26 Å². The summed E-state index contributed by atoms with van der Waals surface area (Å²) in [6.45, 7) is 3.68. The van der Waals surface area contributed by atoms with Crippen molar-refractivity contribution in [2.45, 2.75) is 29.7 Å². The second kappa shape index (κ2) is 8.89. The molecule has 0 aliphatic carbocycles. The van der Waals surface area contributed by atoms with Crippen molar-refractivity contribution >= 4 is 25.8 Å². The highest BCUT2D eigenvalue weighted by Gasteiger charge is 2.23. The van der Waals surface area contributed by atoms with Gasteiger partial charge in [-0.2, -0.15) is 13.7 Å². The number of hydrogen-bond donors (Lipinski definition) is 1. The van der Waals surface area contributed by atoms with Crippen molar-refractivity contribution in [3.8, 4) is 6.07 Å². The van der Waals surface area contributed by atoms with E-state index in [1.807, 2.05) is 19.9 Å². The van der Waals surface area contributed by atoms with E-state index >= 15 is 0 Å². The zero-order valence-electron chi connectivity index (χ0n) is 16.8. The molecule has 0 saturated carbocycles. The number of benzene rings is 3. The van der Waals surface area contributed by atoms with Crippen LogP contribution in [0.2, 0.25) is 0 Å². The summed E-state index contributed by atoms with van der Waals surface area (Å²) < 4.78 is 57.4. The molecule has 9 heteroatoms. The van der Waals surface area contributed by atoms with E-state index in [0.717, 1.165) is 11.1 Å². The van der Waals surface area contributed by atoms with Crippen LogP contribution in [0.25, 0.3) is 0 Å². The molecule has 7 nitrogen and oxygen atoms in total. The lowest BCUT2D eigenvalue weighted by Gasteiger charge is -2.13. The zero-order valence-corrected chi connectivity index (χ0v) is 18.4. The maximum absolute atomic E-state index is 12.5. The molecule has 3 rings (SSSR count). The molecule has 160 valence electrons. The van der Waals surface area contributed by atoms with Crippen molar-refractivity contribution < 1.29 is 21.0 Å². The van der Waals surface area contributed by atoms with Gasteiger partial charge in [0.1, 0.15) is 6.07 Å². The summed E-state index contributed by atoms with van der Waals surface area (Å²) in [6, 6.07) is 20.0. The first kappa shape index (κ1) is 22.5. The Balaban J connectivity index is 1.77. The molecule has 0 aliphatic heterocycles. The fourth-order valence-corrected chi connectivity index (χ4v) is 4.74. The summed E-state index contributed by atoms with van der Waals surface area (Å²) >= 11 is 0. The number of sulfonamides is 1. The maximum Gasteiger partial charge on any atom is 0.298 e. The van der Waals surface area contributed by atoms with Crippen LogP contribution in [0.1, 0.15) is 22.8 Å². The first-order valence-corrected chi connectivity index (χ1v) is 12.1. The molecule has 0 aromatic heterocycles. The number of anilines is 1. The summed E-state index contributed by atoms with van der Waals surface area (Å²) in [5.41, 5.74) is 2.37. The largest absolute Gasteiger partial charge is 0.298 e. The van der Waals surface area contributed by atoms with Crippen molar-refractivity contribution in [3.05, 3.63) is 89.5 Å². The van der Waals surface area contributed by atoms with E-state index in [4.69, 9.17) is 4.18 Å². The molecule has 0 saturated heterocycles. The second-order valence-electron chi connectivity index (χ2n) is 6.91. The van der Waals surface area contributed by atoms with Crippen LogP contribution in [0.4, 0.5) is 5.69 Å². The minimum Gasteiger partial charge on any atom is -0.280 e. The third-order valence-electron chi connectivity index (χ3n) is 4.45. The first-order chi connectivity index (χ1) is 14.6. The van der Waals surface area contributed by atoms with E-state index in [9.17, 15) is 22.1 Å². The van der Waals surface area contributed by atoms with Gasteiger partial charge < -0.3 is 0 Å². The SMILES string of the molecule is Cc1ccc(S(=O)(=O)Nc2ccc(C(C#N)OS(=O)(=O)c3ccc(C)cc3)cc2)cc1. The Labute approximate surface area is 182 Å². The van der Waals surface area contributed by atoms with E-state index in [2.05, 4.69) is 4.72 Å². The summed E-state index contributed by atoms with van der Waals surface area (Å²) in [5, 5.41) is 9.41. The van der Waals surface area contributed by atoms with Gasteiger partial charge in [0.05, 0.1) is 9.79 Å². The van der Waals surface area contributed by atoms with E-state index in [1.165, 1.54) is 48.5 Å². The molecule has 1 N–H and O–H groups in total. The number of nitrogens with one attached hydrogen (secondary N) is 1. The number of nitriles is 1. The molecule has 1 unspecified atom stereocenters. The van der Waals surface area contributed by atoms with Gasteiger partial charge in [0.2, 0.25) is 0 Å². The molecule has 0 fully saturated rings. The molecule has 0 bridgehead atoms. The predicted molar refractivity (Wildman–Crippen MR) is 116 cm³/mol. The molecule has 1 atom stereocenters. The molecule has 0 aliphatic rings. The fourth-order valence-electron chi connectivity index (χ4n) is 2.70. The van der Waals surface area contributed by atoms with Crippen LogP contribution in [0.3, 0.4) is 0 Å². The number of hydrogen-bond acceptors (Lipinski definition) is 6. The molecule has 0 amide bonds. The van der Waals surface area contributed by atoms with Gasteiger partial charge in [-0.05, 0) is 55.8 Å². The van der Waals surface area contributed by atoms with Gasteiger partial charge in [0.25, 0.3) is 20.1 Å². The predicted octanol–water partition coefficient (Wildman–Crippen LogP) is 4.07. The number of rotatable bonds is 7. The van der Waals surface area contributed by atoms with Gasteiger partial charge in [-0.1, -0.05) is 47.5 Å². The molecular weight excluding hydrogens is 436 g/mol. The topological polar surface area (TPSA) is 113 Å². The molecule has 31 heavy (non-hydrogen) atoms. The lowest BCUT2D eigenvalue weighted by Crippen LogP contribution is -2.13. The number of nitrogens with zero attached hydrogens (tertiary/aromatic N) is 1. The standard InChI is InChI=1S/C22H20N2O5S2/c1-16-3-11-20(12-4-16)30(25,26)24-19-9-7-18(8-10-19)22(15-23)29-31(27,28)21-13-5-17(2)6-14-21/h3-14,22,24H,1-2H3. The van der Waals surface area contributed by atoms with Gasteiger partial charge in [0.15, 0.2) is 6.10 Å². The summed E-state index contributed by atoms with van der Waals surface area (Å²) in [4.78, 5) is 0.0606. The Kier molecular flexibility index (Phi) is 6.45. The molecule has 0 heterocycles. The number of aryl methyl sites for hydroxylation is 2. The Hall–Kier alpha value is -3.19. The van der Waals surface area contributed by atoms with Crippen LogP contribution in [0, 0.1) is 25.2 Å². The van der Waals surface area contributed by atoms with Crippen molar-refractivity contribution in [3.63, 3.8) is 0 Å². The second-order valence-corrected chi connectivity index (χ2v) is 10.2. The molecule has 3 aromatic carbocycles. The van der Waals surface area contributed by atoms with Gasteiger partial charge in [-0.15, -0.1) is 0 Å². The molecule has 0 spiro atoms. The third kappa shape index (κ3) is 5.49. The van der Waals surface area contributed by atoms with Crippen LogP contribution >= 0.6 is 0 Å². The summed E-state index contributed by atoms with van der Waals surface area (Å²) in [7, 11) is -7.93. The highest BCUT2D eigenvalue weighted by atomic mass is 32.2. The van der Waals surface area contributed by atoms with E-state index in [-0.39, 0.29) is 21.0 Å². The Morgan fingerprint density at radius 1 is 0.774 bits per heavy atom. The highest BCUT2D eigenvalue weighted by molar-refractivity contribution is 7.92. The van der Waals surface area contributed by atoms with Gasteiger partial charge in [0, 0.05) is 5.69 Å². The van der Waals surface area contributed by atoms with Gasteiger partial charge in [-0.25, -0.2) is 12.6 Å². The van der Waals surface area contributed by atoms with Crippen LogP contribution in [0.5, 0.6) is 0 Å². The van der Waals surface area contributed by atoms with Crippen molar-refractivity contribution in [1.82, 2.24) is 0 Å². The van der Waals surface area contributed by atoms with E-state index < -0.39 is 26.2 Å². The average Bonchev–Trinajstić information content (AvgIpc) is 2.73. The quantitative estimate of drug-likeness (QED) is 0.536. The smallest absolute Gasteiger partial charge is 0.280 e. The van der Waals surface area contributed by atoms with Crippen LogP contribution in [-0.2, 0) is 24.3 Å². The van der Waals surface area contributed by atoms with Crippen molar-refractivity contribution in [2.75, 3.05) is 4.72 Å². The van der Waals surface area contributed by atoms with Gasteiger partial charge in [-0.3, -0.25) is 4.72 Å². The fraction of sp³-hybridized carbons (Fsp3) is 0.136. The lowest BCUT2D eigenvalue weighted by molar-refractivity contribution is 0.268. The first-order valence-electron chi connectivity index (χ1n) is 9.20. The Morgan fingerprint density at radius 3 is 1.74 bits per heavy atom. The van der Waals surface area contributed by atoms with E-state index in [0.29, 0.717) is 0 Å². The zero-order chi connectivity index (χ0) is 22.6. The van der Waals surface area contributed by atoms with Crippen LogP contribution in [0.15, 0.2) is 82.6 Å². The molecule has 3 aromatic rings. The van der Waals surface area contributed by atoms with E-state index in [1.54, 1.807) is 24.3 Å². The Bertz CT molecular complexity index is 1310. The van der Waals surface area contributed by atoms with Crippen LogP contribution in [-0.4, -0.2) is 16.8 Å². The normalized spacial score (nSPS) is 12.7. The summed E-state index contributed by atoms with van der Waals surface area (Å²) in [6.07, 6.45) is -1.38. The lowest BCUT2D eigenvalue weighted by atomic mass is 10.1. The van der Waals surface area contributed by atoms with Gasteiger partial charge >= 0.3 is 0 Å². The average molecular weight is 457 g/mol. The highest BCUT2D eigenvalue weighted by Crippen LogP contribution is 2.25. The third-order valence-corrected chi connectivity index (χ3v) is 7.14. The Morgan fingerprint density at radius 2 is 1.26 bits per heavy atom.